The second kappa shape index (κ2) is 4.04. The summed E-state index contributed by atoms with van der Waals surface area (Å²) >= 11 is 0. The zero-order chi connectivity index (χ0) is 8.27. The Morgan fingerprint density at radius 1 is 1.64 bits per heavy atom. The molecule has 2 N–H and O–H groups in total. The van der Waals surface area contributed by atoms with Crippen molar-refractivity contribution in [2.24, 2.45) is 11.7 Å². The van der Waals surface area contributed by atoms with E-state index in [4.69, 9.17) is 10.6 Å². The number of hydroxylamine groups is 2. The number of nitrogens with zero attached hydrogens (tertiary/aromatic N) is 1. The molecule has 1 saturated heterocycles. The van der Waals surface area contributed by atoms with E-state index < -0.39 is 0 Å². The van der Waals surface area contributed by atoms with Gasteiger partial charge in [-0.25, -0.2) is 0 Å². The first-order chi connectivity index (χ1) is 5.22. The van der Waals surface area contributed by atoms with Gasteiger partial charge in [0.2, 0.25) is 0 Å². The predicted octanol–water partition coefficient (Wildman–Crippen LogP) is 0.607. The van der Waals surface area contributed by atoms with Crippen molar-refractivity contribution < 1.29 is 4.84 Å². The average molecular weight is 158 g/mol. The van der Waals surface area contributed by atoms with E-state index in [9.17, 15) is 0 Å². The number of hydrogen-bond acceptors (Lipinski definition) is 3. The molecule has 0 bridgehead atoms. The molecule has 1 rings (SSSR count). The maximum Gasteiger partial charge on any atom is 0.0737 e. The molecule has 1 fully saturated rings. The lowest BCUT2D eigenvalue weighted by atomic mass is 10.1. The molecule has 3 heteroatoms. The molecule has 0 radical (unpaired) electrons. The zero-order valence-electron chi connectivity index (χ0n) is 7.42. The van der Waals surface area contributed by atoms with Crippen LogP contribution in [0.5, 0.6) is 0 Å². The highest BCUT2D eigenvalue weighted by Gasteiger charge is 2.22. The van der Waals surface area contributed by atoms with Crippen LogP contribution in [0.1, 0.15) is 20.3 Å². The van der Waals surface area contributed by atoms with Crippen molar-refractivity contribution in [1.82, 2.24) is 5.06 Å². The molecule has 0 aromatic heterocycles. The zero-order valence-corrected chi connectivity index (χ0v) is 7.42. The highest BCUT2D eigenvalue weighted by molar-refractivity contribution is 4.71. The van der Waals surface area contributed by atoms with Gasteiger partial charge in [-0.05, 0) is 32.7 Å². The minimum atomic E-state index is 0.298. The molecule has 66 valence electrons. The molecule has 1 atom stereocenters. The van der Waals surface area contributed by atoms with Crippen molar-refractivity contribution in [3.63, 3.8) is 0 Å². The second-order valence-electron chi connectivity index (χ2n) is 3.43. The summed E-state index contributed by atoms with van der Waals surface area (Å²) in [6.45, 7) is 6.94. The fourth-order valence-electron chi connectivity index (χ4n) is 1.38. The minimum Gasteiger partial charge on any atom is -0.330 e. The quantitative estimate of drug-likeness (QED) is 0.654. The van der Waals surface area contributed by atoms with Crippen molar-refractivity contribution in [1.29, 1.82) is 0 Å². The third kappa shape index (κ3) is 2.77. The van der Waals surface area contributed by atoms with E-state index in [-0.39, 0.29) is 0 Å². The van der Waals surface area contributed by atoms with Gasteiger partial charge in [-0.15, -0.1) is 0 Å². The summed E-state index contributed by atoms with van der Waals surface area (Å²) < 4.78 is 0. The van der Waals surface area contributed by atoms with Crippen molar-refractivity contribution in [2.75, 3.05) is 19.6 Å². The maximum atomic E-state index is 5.54. The van der Waals surface area contributed by atoms with Gasteiger partial charge in [-0.2, -0.15) is 5.06 Å². The van der Waals surface area contributed by atoms with E-state index in [2.05, 4.69) is 13.8 Å². The Kier molecular flexibility index (Phi) is 3.30. The van der Waals surface area contributed by atoms with Gasteiger partial charge in [0.25, 0.3) is 0 Å². The van der Waals surface area contributed by atoms with Crippen molar-refractivity contribution in [3.05, 3.63) is 0 Å². The summed E-state index contributed by atoms with van der Waals surface area (Å²) in [7, 11) is 0. The molecule has 1 heterocycles. The Labute approximate surface area is 68.5 Å². The lowest BCUT2D eigenvalue weighted by Crippen LogP contribution is -2.26. The third-order valence-corrected chi connectivity index (χ3v) is 1.94. The van der Waals surface area contributed by atoms with Crippen LogP contribution in [0, 0.1) is 5.92 Å². The van der Waals surface area contributed by atoms with E-state index in [0.717, 1.165) is 19.6 Å². The van der Waals surface area contributed by atoms with E-state index in [0.29, 0.717) is 12.0 Å². The summed E-state index contributed by atoms with van der Waals surface area (Å²) in [5.41, 5.74) is 5.54. The monoisotopic (exact) mass is 158 g/mol. The molecule has 0 saturated carbocycles. The van der Waals surface area contributed by atoms with Gasteiger partial charge in [0.05, 0.1) is 6.10 Å². The lowest BCUT2D eigenvalue weighted by Gasteiger charge is -2.18. The van der Waals surface area contributed by atoms with E-state index in [1.54, 1.807) is 0 Å². The van der Waals surface area contributed by atoms with Gasteiger partial charge in [0.15, 0.2) is 0 Å². The van der Waals surface area contributed by atoms with E-state index >= 15 is 0 Å². The summed E-state index contributed by atoms with van der Waals surface area (Å²) in [6, 6.07) is 0. The summed E-state index contributed by atoms with van der Waals surface area (Å²) in [4.78, 5) is 5.52. The normalized spacial score (nSPS) is 26.7. The molecule has 3 nitrogen and oxygen atoms in total. The highest BCUT2D eigenvalue weighted by Crippen LogP contribution is 2.15. The molecule has 1 aliphatic rings. The first-order valence-corrected chi connectivity index (χ1v) is 4.34. The van der Waals surface area contributed by atoms with Gasteiger partial charge < -0.3 is 5.73 Å². The fraction of sp³-hybridized carbons (Fsp3) is 1.00. The van der Waals surface area contributed by atoms with Crippen LogP contribution >= 0.6 is 0 Å². The molecule has 0 aliphatic carbocycles. The van der Waals surface area contributed by atoms with E-state index in [1.165, 1.54) is 6.42 Å². The summed E-state index contributed by atoms with van der Waals surface area (Å²) in [6.07, 6.45) is 1.48. The number of nitrogens with two attached hydrogens (primary N) is 1. The Morgan fingerprint density at radius 2 is 2.36 bits per heavy atom. The summed E-state index contributed by atoms with van der Waals surface area (Å²) in [5, 5.41) is 2.03. The smallest absolute Gasteiger partial charge is 0.0737 e. The number of hydrogen-bond donors (Lipinski definition) is 1. The van der Waals surface area contributed by atoms with Crippen molar-refractivity contribution in [3.8, 4) is 0 Å². The van der Waals surface area contributed by atoms with Crippen molar-refractivity contribution >= 4 is 0 Å². The molecule has 0 aromatic carbocycles. The van der Waals surface area contributed by atoms with E-state index in [1.807, 2.05) is 5.06 Å². The van der Waals surface area contributed by atoms with Gasteiger partial charge in [0, 0.05) is 13.1 Å². The standard InChI is InChI=1S/C8H18N2O/c1-7(2)11-10-4-3-8(5-9)6-10/h7-8H,3-6,9H2,1-2H3. The van der Waals surface area contributed by atoms with Crippen LogP contribution in [0.2, 0.25) is 0 Å². The van der Waals surface area contributed by atoms with Crippen LogP contribution in [-0.4, -0.2) is 30.8 Å². The predicted molar refractivity (Wildman–Crippen MR) is 45.0 cm³/mol. The highest BCUT2D eigenvalue weighted by atomic mass is 16.7. The topological polar surface area (TPSA) is 38.5 Å². The molecule has 0 spiro atoms. The molecule has 11 heavy (non-hydrogen) atoms. The number of rotatable bonds is 3. The Morgan fingerprint density at radius 3 is 2.82 bits per heavy atom. The van der Waals surface area contributed by atoms with Gasteiger partial charge in [-0.3, -0.25) is 4.84 Å². The fourth-order valence-corrected chi connectivity index (χ4v) is 1.38. The van der Waals surface area contributed by atoms with Crippen LogP contribution in [0.15, 0.2) is 0 Å². The van der Waals surface area contributed by atoms with Crippen LogP contribution in [0.3, 0.4) is 0 Å². The average Bonchev–Trinajstić information content (AvgIpc) is 2.34. The molecule has 0 amide bonds. The third-order valence-electron chi connectivity index (χ3n) is 1.94. The van der Waals surface area contributed by atoms with Gasteiger partial charge in [0.1, 0.15) is 0 Å². The van der Waals surface area contributed by atoms with Gasteiger partial charge in [-0.1, -0.05) is 0 Å². The SMILES string of the molecule is CC(C)ON1CCC(CN)C1. The molecule has 0 aromatic rings. The Bertz CT molecular complexity index is 117. The first-order valence-electron chi connectivity index (χ1n) is 4.34. The largest absolute Gasteiger partial charge is 0.330 e. The Balaban J connectivity index is 2.19. The first kappa shape index (κ1) is 8.97. The van der Waals surface area contributed by atoms with Gasteiger partial charge >= 0.3 is 0 Å². The van der Waals surface area contributed by atoms with Crippen molar-refractivity contribution in [2.45, 2.75) is 26.4 Å². The van der Waals surface area contributed by atoms with Crippen LogP contribution in [0.4, 0.5) is 0 Å². The molecule has 1 aliphatic heterocycles. The van der Waals surface area contributed by atoms with Crippen LogP contribution < -0.4 is 5.73 Å². The molecular formula is C8H18N2O. The molecule has 1 unspecified atom stereocenters. The second-order valence-corrected chi connectivity index (χ2v) is 3.43. The van der Waals surface area contributed by atoms with Crippen LogP contribution in [-0.2, 0) is 4.84 Å². The molecular weight excluding hydrogens is 140 g/mol. The lowest BCUT2D eigenvalue weighted by molar-refractivity contribution is -0.174. The Hall–Kier alpha value is -0.120. The van der Waals surface area contributed by atoms with Crippen LogP contribution in [0.25, 0.3) is 0 Å². The maximum absolute atomic E-state index is 5.54. The summed E-state index contributed by atoms with van der Waals surface area (Å²) in [5.74, 6) is 0.647. The minimum absolute atomic E-state index is 0.298.